The lowest BCUT2D eigenvalue weighted by Crippen LogP contribution is -2.51. The van der Waals surface area contributed by atoms with Gasteiger partial charge >= 0.3 is 0 Å². The summed E-state index contributed by atoms with van der Waals surface area (Å²) < 4.78 is 2.51. The van der Waals surface area contributed by atoms with E-state index in [1.165, 1.54) is 17.8 Å². The highest BCUT2D eigenvalue weighted by atomic mass is 15.3. The first kappa shape index (κ1) is 11.1. The molecule has 1 unspecified atom stereocenters. The number of para-hydroxylation sites is 1. The lowest BCUT2D eigenvalue weighted by molar-refractivity contribution is 0.285. The first-order valence-corrected chi connectivity index (χ1v) is 7.05. The van der Waals surface area contributed by atoms with Crippen molar-refractivity contribution in [3.63, 3.8) is 0 Å². The maximum absolute atomic E-state index is 3.54. The number of hydrogen-bond donors (Lipinski definition) is 1. The number of anilines is 1. The summed E-state index contributed by atoms with van der Waals surface area (Å²) in [7, 11) is 0. The molecule has 1 aromatic carbocycles. The first-order valence-electron chi connectivity index (χ1n) is 7.05. The fourth-order valence-corrected chi connectivity index (χ4v) is 3.58. The summed E-state index contributed by atoms with van der Waals surface area (Å²) in [6, 6.07) is 15.2. The molecule has 98 valence electrons. The zero-order valence-corrected chi connectivity index (χ0v) is 11.0. The van der Waals surface area contributed by atoms with E-state index >= 15 is 0 Å². The van der Waals surface area contributed by atoms with Gasteiger partial charge in [0.1, 0.15) is 0 Å². The van der Waals surface area contributed by atoms with Gasteiger partial charge in [-0.1, -0.05) is 18.2 Å². The molecular formula is C16H19N3. The summed E-state index contributed by atoms with van der Waals surface area (Å²) in [4.78, 5) is 2.52. The van der Waals surface area contributed by atoms with Crippen molar-refractivity contribution in [2.24, 2.45) is 0 Å². The van der Waals surface area contributed by atoms with Crippen LogP contribution in [-0.2, 0) is 12.1 Å². The largest absolute Gasteiger partial charge is 0.363 e. The van der Waals surface area contributed by atoms with Crippen LogP contribution in [0.3, 0.4) is 0 Å². The molecule has 0 aliphatic carbocycles. The van der Waals surface area contributed by atoms with E-state index in [1.54, 1.807) is 0 Å². The third-order valence-corrected chi connectivity index (χ3v) is 4.52. The molecule has 0 saturated carbocycles. The fraction of sp³-hybridized carbons (Fsp3) is 0.375. The number of hydrogen-bond acceptors (Lipinski definition) is 2. The van der Waals surface area contributed by atoms with Crippen molar-refractivity contribution in [3.8, 4) is 0 Å². The van der Waals surface area contributed by atoms with Gasteiger partial charge in [0.05, 0.1) is 12.1 Å². The molecule has 19 heavy (non-hydrogen) atoms. The predicted molar refractivity (Wildman–Crippen MR) is 77.4 cm³/mol. The van der Waals surface area contributed by atoms with Crippen LogP contribution < -0.4 is 10.2 Å². The normalized spacial score (nSPS) is 25.8. The van der Waals surface area contributed by atoms with E-state index in [-0.39, 0.29) is 5.54 Å². The average molecular weight is 253 g/mol. The maximum atomic E-state index is 3.54. The number of rotatable bonds is 1. The van der Waals surface area contributed by atoms with Crippen molar-refractivity contribution in [1.82, 2.24) is 9.88 Å². The molecule has 2 aliphatic rings. The minimum Gasteiger partial charge on any atom is -0.363 e. The summed E-state index contributed by atoms with van der Waals surface area (Å²) in [5.74, 6) is 0. The van der Waals surface area contributed by atoms with Gasteiger partial charge in [-0.3, -0.25) is 0 Å². The van der Waals surface area contributed by atoms with E-state index < -0.39 is 0 Å². The molecule has 1 spiro atoms. The third kappa shape index (κ3) is 1.69. The predicted octanol–water partition coefficient (Wildman–Crippen LogP) is 2.20. The quantitative estimate of drug-likeness (QED) is 0.841. The van der Waals surface area contributed by atoms with Gasteiger partial charge in [-0.15, -0.1) is 0 Å². The van der Waals surface area contributed by atoms with Gasteiger partial charge in [0.2, 0.25) is 0 Å². The standard InChI is InChI=1S/C16H19N3/c1-2-5-14(6-3-1)18-11-15-7-4-10-19(15)16(13-18)8-9-17-12-16/h1-7,10,17H,8-9,11-13H2. The van der Waals surface area contributed by atoms with Crippen LogP contribution in [0.5, 0.6) is 0 Å². The highest BCUT2D eigenvalue weighted by Gasteiger charge is 2.41. The molecule has 1 atom stereocenters. The molecule has 1 saturated heterocycles. The number of aromatic nitrogens is 1. The molecule has 3 heteroatoms. The van der Waals surface area contributed by atoms with Crippen molar-refractivity contribution >= 4 is 5.69 Å². The first-order chi connectivity index (χ1) is 9.37. The maximum Gasteiger partial charge on any atom is 0.0753 e. The van der Waals surface area contributed by atoms with E-state index in [0.29, 0.717) is 0 Å². The Hall–Kier alpha value is -1.74. The van der Waals surface area contributed by atoms with Gasteiger partial charge < -0.3 is 14.8 Å². The van der Waals surface area contributed by atoms with Gasteiger partial charge in [0, 0.05) is 30.7 Å². The SMILES string of the molecule is c1ccc(N2Cc3cccn3C3(CCNC3)C2)cc1. The lowest BCUT2D eigenvalue weighted by Gasteiger charge is -2.43. The minimum absolute atomic E-state index is 0.243. The van der Waals surface area contributed by atoms with Gasteiger partial charge in [0.25, 0.3) is 0 Å². The molecule has 1 aromatic heterocycles. The Morgan fingerprint density at radius 2 is 1.95 bits per heavy atom. The van der Waals surface area contributed by atoms with Crippen LogP contribution >= 0.6 is 0 Å². The Morgan fingerprint density at radius 3 is 2.74 bits per heavy atom. The second-order valence-electron chi connectivity index (χ2n) is 5.71. The molecule has 1 N–H and O–H groups in total. The topological polar surface area (TPSA) is 20.2 Å². The van der Waals surface area contributed by atoms with Crippen LogP contribution in [0.1, 0.15) is 12.1 Å². The van der Waals surface area contributed by atoms with Gasteiger partial charge in [-0.25, -0.2) is 0 Å². The highest BCUT2D eigenvalue weighted by Crippen LogP contribution is 2.34. The molecular weight excluding hydrogens is 234 g/mol. The van der Waals surface area contributed by atoms with Crippen molar-refractivity contribution in [3.05, 3.63) is 54.4 Å². The van der Waals surface area contributed by atoms with Crippen LogP contribution in [0.2, 0.25) is 0 Å². The monoisotopic (exact) mass is 253 g/mol. The van der Waals surface area contributed by atoms with Crippen LogP contribution in [0.15, 0.2) is 48.7 Å². The summed E-state index contributed by atoms with van der Waals surface area (Å²) >= 11 is 0. The molecule has 0 radical (unpaired) electrons. The molecule has 0 bridgehead atoms. The Labute approximate surface area is 113 Å². The minimum atomic E-state index is 0.243. The molecule has 3 nitrogen and oxygen atoms in total. The second kappa shape index (κ2) is 4.14. The molecule has 4 rings (SSSR count). The van der Waals surface area contributed by atoms with Crippen LogP contribution in [0.4, 0.5) is 5.69 Å². The molecule has 2 aromatic rings. The Kier molecular flexibility index (Phi) is 2.42. The molecule has 2 aliphatic heterocycles. The summed E-state index contributed by atoms with van der Waals surface area (Å²) in [6.45, 7) is 4.32. The van der Waals surface area contributed by atoms with E-state index in [4.69, 9.17) is 0 Å². The number of nitrogens with one attached hydrogen (secondary N) is 1. The number of benzene rings is 1. The van der Waals surface area contributed by atoms with Crippen LogP contribution in [-0.4, -0.2) is 24.2 Å². The van der Waals surface area contributed by atoms with Crippen molar-refractivity contribution in [2.75, 3.05) is 24.5 Å². The highest BCUT2D eigenvalue weighted by molar-refractivity contribution is 5.48. The van der Waals surface area contributed by atoms with Gasteiger partial charge in [-0.05, 0) is 37.2 Å². The summed E-state index contributed by atoms with van der Waals surface area (Å²) in [5, 5.41) is 3.54. The molecule has 0 amide bonds. The zero-order chi connectivity index (χ0) is 12.7. The lowest BCUT2D eigenvalue weighted by atomic mass is 9.94. The third-order valence-electron chi connectivity index (χ3n) is 4.52. The van der Waals surface area contributed by atoms with Crippen molar-refractivity contribution < 1.29 is 0 Å². The summed E-state index contributed by atoms with van der Waals surface area (Å²) in [5.41, 5.74) is 3.01. The van der Waals surface area contributed by atoms with E-state index in [9.17, 15) is 0 Å². The van der Waals surface area contributed by atoms with Gasteiger partial charge in [0.15, 0.2) is 0 Å². The van der Waals surface area contributed by atoms with Crippen LogP contribution in [0, 0.1) is 0 Å². The van der Waals surface area contributed by atoms with E-state index in [0.717, 1.165) is 26.2 Å². The van der Waals surface area contributed by atoms with Crippen LogP contribution in [0.25, 0.3) is 0 Å². The Balaban J connectivity index is 1.75. The number of fused-ring (bicyclic) bond motifs is 2. The second-order valence-corrected chi connectivity index (χ2v) is 5.71. The Bertz CT molecular complexity index is 567. The van der Waals surface area contributed by atoms with E-state index in [1.807, 2.05) is 0 Å². The summed E-state index contributed by atoms with van der Waals surface area (Å²) in [6.07, 6.45) is 3.47. The van der Waals surface area contributed by atoms with E-state index in [2.05, 4.69) is 63.4 Å². The fourth-order valence-electron chi connectivity index (χ4n) is 3.58. The smallest absolute Gasteiger partial charge is 0.0753 e. The van der Waals surface area contributed by atoms with Gasteiger partial charge in [-0.2, -0.15) is 0 Å². The van der Waals surface area contributed by atoms with Crippen molar-refractivity contribution in [2.45, 2.75) is 18.5 Å². The van der Waals surface area contributed by atoms with Crippen molar-refractivity contribution in [1.29, 1.82) is 0 Å². The average Bonchev–Trinajstić information content (AvgIpc) is 3.10. The Morgan fingerprint density at radius 1 is 1.05 bits per heavy atom. The zero-order valence-electron chi connectivity index (χ0n) is 11.0. The number of nitrogens with zero attached hydrogens (tertiary/aromatic N) is 2. The molecule has 3 heterocycles. The molecule has 1 fully saturated rings.